The lowest BCUT2D eigenvalue weighted by Gasteiger charge is -2.05. The quantitative estimate of drug-likeness (QED) is 0.620. The first kappa shape index (κ1) is 18.1. The normalized spacial score (nSPS) is 18.9. The van der Waals surface area contributed by atoms with Crippen LogP contribution in [0.3, 0.4) is 0 Å². The summed E-state index contributed by atoms with van der Waals surface area (Å²) in [7, 11) is 0. The van der Waals surface area contributed by atoms with E-state index in [4.69, 9.17) is 0 Å². The van der Waals surface area contributed by atoms with Crippen LogP contribution in [0, 0.1) is 0 Å². The molecule has 0 amide bonds. The summed E-state index contributed by atoms with van der Waals surface area (Å²) in [4.78, 5) is 0. The maximum absolute atomic E-state index is 2.92. The summed E-state index contributed by atoms with van der Waals surface area (Å²) in [5, 5.41) is 5.85. The SMILES string of the molecule is C1=CC=CNC=C1.C1=CC=CNC=C1.C1CCCCCCC1. The summed E-state index contributed by atoms with van der Waals surface area (Å²) >= 11 is 0. The van der Waals surface area contributed by atoms with E-state index < -0.39 is 0 Å². The average molecular weight is 298 g/mol. The van der Waals surface area contributed by atoms with E-state index in [-0.39, 0.29) is 0 Å². The zero-order chi connectivity index (χ0) is 15.6. The molecule has 0 bridgehead atoms. The van der Waals surface area contributed by atoms with Crippen LogP contribution in [-0.2, 0) is 0 Å². The van der Waals surface area contributed by atoms with Gasteiger partial charge in [0.1, 0.15) is 0 Å². The highest BCUT2D eigenvalue weighted by Gasteiger charge is 1.95. The Bertz CT molecular complexity index is 327. The molecule has 2 heterocycles. The zero-order valence-corrected chi connectivity index (χ0v) is 13.6. The maximum Gasteiger partial charge on any atom is 0.000442 e. The Morgan fingerprint density at radius 2 is 0.545 bits per heavy atom. The summed E-state index contributed by atoms with van der Waals surface area (Å²) in [6, 6.07) is 0. The van der Waals surface area contributed by atoms with Gasteiger partial charge in [0.15, 0.2) is 0 Å². The predicted octanol–water partition coefficient (Wildman–Crippen LogP) is 5.47. The summed E-state index contributed by atoms with van der Waals surface area (Å²) < 4.78 is 0. The third kappa shape index (κ3) is 13.0. The Morgan fingerprint density at radius 1 is 0.318 bits per heavy atom. The minimum absolute atomic E-state index is 1.50. The van der Waals surface area contributed by atoms with Gasteiger partial charge >= 0.3 is 0 Å². The van der Waals surface area contributed by atoms with Crippen LogP contribution in [0.1, 0.15) is 51.4 Å². The van der Waals surface area contributed by atoms with Crippen LogP contribution in [0.15, 0.2) is 73.4 Å². The van der Waals surface area contributed by atoms with Crippen molar-refractivity contribution in [3.05, 3.63) is 73.4 Å². The van der Waals surface area contributed by atoms with E-state index in [9.17, 15) is 0 Å². The predicted molar refractivity (Wildman–Crippen MR) is 98.0 cm³/mol. The molecule has 0 radical (unpaired) electrons. The molecular weight excluding hydrogens is 268 g/mol. The summed E-state index contributed by atoms with van der Waals surface area (Å²) in [6.07, 6.45) is 35.2. The van der Waals surface area contributed by atoms with Crippen molar-refractivity contribution in [3.8, 4) is 0 Å². The monoisotopic (exact) mass is 298 g/mol. The number of rotatable bonds is 0. The Morgan fingerprint density at radius 3 is 0.773 bits per heavy atom. The number of allylic oxidation sites excluding steroid dienone is 8. The Labute approximate surface area is 136 Å². The van der Waals surface area contributed by atoms with E-state index >= 15 is 0 Å². The highest BCUT2D eigenvalue weighted by Crippen LogP contribution is 2.15. The van der Waals surface area contributed by atoms with Gasteiger partial charge in [-0.1, -0.05) is 75.7 Å². The molecule has 0 aromatic carbocycles. The molecule has 0 saturated heterocycles. The van der Waals surface area contributed by atoms with Gasteiger partial charge in [-0.15, -0.1) is 0 Å². The van der Waals surface area contributed by atoms with Crippen molar-refractivity contribution >= 4 is 0 Å². The molecule has 2 nitrogen and oxygen atoms in total. The molecule has 2 heteroatoms. The Balaban J connectivity index is 0.000000166. The molecule has 2 N–H and O–H groups in total. The highest BCUT2D eigenvalue weighted by molar-refractivity contribution is 5.15. The first-order valence-electron chi connectivity index (χ1n) is 8.49. The molecule has 120 valence electrons. The standard InChI is InChI=1S/C8H16.2C6H7N/c1-2-4-6-8-7-5-3-1;2*1-2-4-6-7-5-3-1/h1-8H2;2*1-7H. The van der Waals surface area contributed by atoms with Crippen LogP contribution >= 0.6 is 0 Å². The van der Waals surface area contributed by atoms with Crippen LogP contribution in [-0.4, -0.2) is 0 Å². The fourth-order valence-electron chi connectivity index (χ4n) is 2.23. The minimum atomic E-state index is 1.50. The molecule has 1 fully saturated rings. The van der Waals surface area contributed by atoms with Crippen molar-refractivity contribution in [2.45, 2.75) is 51.4 Å². The molecule has 1 aliphatic carbocycles. The smallest absolute Gasteiger partial charge is 0.000442 e. The van der Waals surface area contributed by atoms with E-state index in [0.717, 1.165) is 0 Å². The first-order valence-corrected chi connectivity index (χ1v) is 8.49. The fraction of sp³-hybridized carbons (Fsp3) is 0.400. The molecule has 0 atom stereocenters. The van der Waals surface area contributed by atoms with Crippen molar-refractivity contribution in [3.63, 3.8) is 0 Å². The molecule has 22 heavy (non-hydrogen) atoms. The average Bonchev–Trinajstić information content (AvgIpc) is 2.98. The van der Waals surface area contributed by atoms with E-state index in [1.54, 1.807) is 0 Å². The van der Waals surface area contributed by atoms with Gasteiger partial charge in [-0.25, -0.2) is 0 Å². The molecule has 0 unspecified atom stereocenters. The van der Waals surface area contributed by atoms with Gasteiger partial charge < -0.3 is 10.6 Å². The lowest BCUT2D eigenvalue weighted by atomic mass is 10.0. The van der Waals surface area contributed by atoms with Gasteiger partial charge in [0.05, 0.1) is 0 Å². The van der Waals surface area contributed by atoms with Crippen LogP contribution in [0.5, 0.6) is 0 Å². The molecule has 3 rings (SSSR count). The molecule has 0 aromatic rings. The third-order valence-corrected chi connectivity index (χ3v) is 3.44. The molecule has 2 aliphatic heterocycles. The summed E-state index contributed by atoms with van der Waals surface area (Å²) in [5.74, 6) is 0. The van der Waals surface area contributed by atoms with Gasteiger partial charge in [0.2, 0.25) is 0 Å². The molecule has 3 aliphatic rings. The molecular formula is C20H30N2. The highest BCUT2D eigenvalue weighted by atomic mass is 14.8. The van der Waals surface area contributed by atoms with Crippen molar-refractivity contribution in [1.29, 1.82) is 0 Å². The van der Waals surface area contributed by atoms with E-state index in [2.05, 4.69) is 10.6 Å². The number of nitrogens with one attached hydrogen (secondary N) is 2. The van der Waals surface area contributed by atoms with E-state index in [1.807, 2.05) is 73.4 Å². The second kappa shape index (κ2) is 15.4. The topological polar surface area (TPSA) is 24.1 Å². The molecule has 0 aromatic heterocycles. The fourth-order valence-corrected chi connectivity index (χ4v) is 2.23. The number of hydrogen-bond acceptors (Lipinski definition) is 2. The minimum Gasteiger partial charge on any atom is -0.368 e. The first-order chi connectivity index (χ1) is 11.0. The van der Waals surface area contributed by atoms with Gasteiger partial charge in [-0.3, -0.25) is 0 Å². The Hall–Kier alpha value is -1.96. The number of hydrogen-bond donors (Lipinski definition) is 2. The van der Waals surface area contributed by atoms with Gasteiger partial charge in [0.25, 0.3) is 0 Å². The lowest BCUT2D eigenvalue weighted by Crippen LogP contribution is -1.87. The largest absolute Gasteiger partial charge is 0.368 e. The molecule has 1 saturated carbocycles. The lowest BCUT2D eigenvalue weighted by molar-refractivity contribution is 0.504. The van der Waals surface area contributed by atoms with E-state index in [1.165, 1.54) is 51.4 Å². The second-order valence-electron chi connectivity index (χ2n) is 5.37. The zero-order valence-electron chi connectivity index (χ0n) is 13.6. The summed E-state index contributed by atoms with van der Waals surface area (Å²) in [6.45, 7) is 0. The summed E-state index contributed by atoms with van der Waals surface area (Å²) in [5.41, 5.74) is 0. The van der Waals surface area contributed by atoms with Crippen molar-refractivity contribution in [1.82, 2.24) is 10.6 Å². The molecule has 0 spiro atoms. The Kier molecular flexibility index (Phi) is 12.7. The maximum atomic E-state index is 2.92. The van der Waals surface area contributed by atoms with Gasteiger partial charge in [-0.2, -0.15) is 0 Å². The van der Waals surface area contributed by atoms with Crippen LogP contribution in [0.4, 0.5) is 0 Å². The van der Waals surface area contributed by atoms with Crippen LogP contribution < -0.4 is 10.6 Å². The van der Waals surface area contributed by atoms with Crippen molar-refractivity contribution < 1.29 is 0 Å². The van der Waals surface area contributed by atoms with Gasteiger partial charge in [0, 0.05) is 24.8 Å². The third-order valence-electron chi connectivity index (χ3n) is 3.44. The van der Waals surface area contributed by atoms with Crippen LogP contribution in [0.25, 0.3) is 0 Å². The van der Waals surface area contributed by atoms with Gasteiger partial charge in [-0.05, 0) is 24.3 Å². The van der Waals surface area contributed by atoms with Crippen molar-refractivity contribution in [2.24, 2.45) is 0 Å². The second-order valence-corrected chi connectivity index (χ2v) is 5.37. The van der Waals surface area contributed by atoms with E-state index in [0.29, 0.717) is 0 Å². The van der Waals surface area contributed by atoms with Crippen LogP contribution in [0.2, 0.25) is 0 Å². The van der Waals surface area contributed by atoms with Crippen molar-refractivity contribution in [2.75, 3.05) is 0 Å².